The average Bonchev–Trinajstić information content (AvgIpc) is 1.91. The number of anilines is 1. The largest absolute Gasteiger partial charge is 0.399 e. The summed E-state index contributed by atoms with van der Waals surface area (Å²) in [5, 5.41) is 0. The minimum atomic E-state index is -2.54. The van der Waals surface area contributed by atoms with E-state index < -0.39 is 6.00 Å². The molecule has 2 N–H and O–H groups in total. The molecule has 12 heavy (non-hydrogen) atoms. The lowest BCUT2D eigenvalue weighted by atomic mass is 10.2. The summed E-state index contributed by atoms with van der Waals surface area (Å²) in [6.45, 7) is 0. The first-order chi connectivity index (χ1) is 5.47. The summed E-state index contributed by atoms with van der Waals surface area (Å²) >= 11 is 17.2. The number of halogens is 3. The van der Waals surface area contributed by atoms with Crippen molar-refractivity contribution < 1.29 is 0 Å². The van der Waals surface area contributed by atoms with Crippen LogP contribution in [0, 0.1) is 0 Å². The SMILES string of the molecule is Nc1ccc(C[Si](Cl)(Cl)Cl)cc1. The standard InChI is InChI=1S/C7H8Cl3NSi/c8-12(9,10)5-6-1-3-7(11)4-2-6/h1-4H,5,11H2. The number of rotatable bonds is 2. The second-order valence-corrected chi connectivity index (χ2v) is 11.7. The third kappa shape index (κ3) is 3.67. The van der Waals surface area contributed by atoms with Crippen LogP contribution in [0.4, 0.5) is 5.69 Å². The van der Waals surface area contributed by atoms with Crippen molar-refractivity contribution in [3.8, 4) is 0 Å². The van der Waals surface area contributed by atoms with Gasteiger partial charge in [-0.15, -0.1) is 33.2 Å². The predicted molar refractivity (Wildman–Crippen MR) is 57.9 cm³/mol. The third-order valence-corrected chi connectivity index (χ3v) is 3.40. The van der Waals surface area contributed by atoms with Crippen molar-refractivity contribution in [1.29, 1.82) is 0 Å². The Morgan fingerprint density at radius 2 is 1.58 bits per heavy atom. The van der Waals surface area contributed by atoms with Gasteiger partial charge in [0.1, 0.15) is 0 Å². The number of hydrogen-bond donors (Lipinski definition) is 1. The normalized spacial score (nSPS) is 11.6. The van der Waals surface area contributed by atoms with Gasteiger partial charge in [-0.25, -0.2) is 0 Å². The second-order valence-electron chi connectivity index (χ2n) is 2.53. The van der Waals surface area contributed by atoms with E-state index >= 15 is 0 Å². The maximum atomic E-state index is 5.75. The molecule has 1 rings (SSSR count). The van der Waals surface area contributed by atoms with Crippen molar-refractivity contribution in [1.82, 2.24) is 0 Å². The fraction of sp³-hybridized carbons (Fsp3) is 0.143. The van der Waals surface area contributed by atoms with Crippen molar-refractivity contribution >= 4 is 44.9 Å². The first-order valence-corrected chi connectivity index (χ1v) is 8.63. The summed E-state index contributed by atoms with van der Waals surface area (Å²) in [5.74, 6) is 0. The average molecular weight is 241 g/mol. The molecule has 0 atom stereocenters. The third-order valence-electron chi connectivity index (χ3n) is 1.38. The number of hydrogen-bond acceptors (Lipinski definition) is 1. The van der Waals surface area contributed by atoms with E-state index in [2.05, 4.69) is 0 Å². The van der Waals surface area contributed by atoms with Crippen LogP contribution in [0.3, 0.4) is 0 Å². The molecule has 0 saturated carbocycles. The van der Waals surface area contributed by atoms with E-state index in [1.807, 2.05) is 12.1 Å². The Labute approximate surface area is 86.5 Å². The highest BCUT2D eigenvalue weighted by Gasteiger charge is 2.24. The van der Waals surface area contributed by atoms with E-state index in [0.29, 0.717) is 6.04 Å². The summed E-state index contributed by atoms with van der Waals surface area (Å²) in [7, 11) is 0. The fourth-order valence-corrected chi connectivity index (χ4v) is 2.95. The topological polar surface area (TPSA) is 26.0 Å². The van der Waals surface area contributed by atoms with Gasteiger partial charge in [-0.05, 0) is 17.7 Å². The van der Waals surface area contributed by atoms with E-state index in [-0.39, 0.29) is 0 Å². The summed E-state index contributed by atoms with van der Waals surface area (Å²) in [4.78, 5) is 0. The van der Waals surface area contributed by atoms with Crippen molar-refractivity contribution in [3.05, 3.63) is 29.8 Å². The predicted octanol–water partition coefficient (Wildman–Crippen LogP) is 3.01. The Balaban J connectivity index is 2.71. The van der Waals surface area contributed by atoms with Gasteiger partial charge in [0.25, 0.3) is 0 Å². The molecule has 0 heterocycles. The first kappa shape index (κ1) is 10.2. The smallest absolute Gasteiger partial charge is 0.345 e. The lowest BCUT2D eigenvalue weighted by Crippen LogP contribution is -2.14. The van der Waals surface area contributed by atoms with Gasteiger partial charge in [-0.1, -0.05) is 12.1 Å². The molecule has 0 aliphatic carbocycles. The minimum Gasteiger partial charge on any atom is -0.399 e. The molecule has 1 aromatic rings. The molecular weight excluding hydrogens is 233 g/mol. The lowest BCUT2D eigenvalue weighted by molar-refractivity contribution is 1.39. The monoisotopic (exact) mass is 239 g/mol. The number of nitrogens with two attached hydrogens (primary N) is 1. The summed E-state index contributed by atoms with van der Waals surface area (Å²) in [6.07, 6.45) is 0. The Morgan fingerprint density at radius 1 is 1.08 bits per heavy atom. The van der Waals surface area contributed by atoms with Crippen LogP contribution in [0.15, 0.2) is 24.3 Å². The number of nitrogen functional groups attached to an aromatic ring is 1. The van der Waals surface area contributed by atoms with Crippen LogP contribution in [0.5, 0.6) is 0 Å². The maximum absolute atomic E-state index is 5.75. The fourth-order valence-electron chi connectivity index (χ4n) is 0.867. The van der Waals surface area contributed by atoms with Crippen LogP contribution in [-0.4, -0.2) is 6.00 Å². The molecule has 0 aliphatic heterocycles. The van der Waals surface area contributed by atoms with E-state index in [4.69, 9.17) is 39.0 Å². The minimum absolute atomic E-state index is 0.540. The molecule has 0 aliphatic rings. The molecule has 66 valence electrons. The molecular formula is C7H8Cl3NSi. The molecule has 1 aromatic carbocycles. The van der Waals surface area contributed by atoms with Crippen LogP contribution < -0.4 is 5.73 Å². The zero-order valence-electron chi connectivity index (χ0n) is 6.23. The molecule has 0 amide bonds. The highest BCUT2D eigenvalue weighted by atomic mass is 35.8. The van der Waals surface area contributed by atoms with Crippen molar-refractivity contribution in [2.75, 3.05) is 5.73 Å². The molecule has 0 saturated heterocycles. The van der Waals surface area contributed by atoms with E-state index in [9.17, 15) is 0 Å². The molecule has 0 bridgehead atoms. The van der Waals surface area contributed by atoms with Gasteiger partial charge in [-0.3, -0.25) is 0 Å². The van der Waals surface area contributed by atoms with Crippen LogP contribution in [0.2, 0.25) is 0 Å². The van der Waals surface area contributed by atoms with Crippen LogP contribution >= 0.6 is 33.2 Å². The van der Waals surface area contributed by atoms with Crippen LogP contribution in [0.1, 0.15) is 5.56 Å². The Morgan fingerprint density at radius 3 is 2.00 bits per heavy atom. The Hall–Kier alpha value is 0.107. The molecule has 5 heteroatoms. The van der Waals surface area contributed by atoms with E-state index in [1.165, 1.54) is 0 Å². The summed E-state index contributed by atoms with van der Waals surface area (Å²) < 4.78 is 0. The Kier molecular flexibility index (Phi) is 3.29. The van der Waals surface area contributed by atoms with Gasteiger partial charge < -0.3 is 5.73 Å². The lowest BCUT2D eigenvalue weighted by Gasteiger charge is -2.07. The molecule has 0 unspecified atom stereocenters. The van der Waals surface area contributed by atoms with Gasteiger partial charge in [-0.2, -0.15) is 0 Å². The zero-order chi connectivity index (χ0) is 9.19. The van der Waals surface area contributed by atoms with Gasteiger partial charge in [0, 0.05) is 11.7 Å². The molecule has 1 nitrogen and oxygen atoms in total. The van der Waals surface area contributed by atoms with Gasteiger partial charge in [0.15, 0.2) is 0 Å². The highest BCUT2D eigenvalue weighted by molar-refractivity contribution is 7.64. The van der Waals surface area contributed by atoms with Gasteiger partial charge >= 0.3 is 6.00 Å². The molecule has 0 aromatic heterocycles. The van der Waals surface area contributed by atoms with E-state index in [0.717, 1.165) is 11.3 Å². The van der Waals surface area contributed by atoms with Crippen molar-refractivity contribution in [3.63, 3.8) is 0 Å². The highest BCUT2D eigenvalue weighted by Crippen LogP contribution is 2.24. The van der Waals surface area contributed by atoms with Crippen molar-refractivity contribution in [2.45, 2.75) is 6.04 Å². The van der Waals surface area contributed by atoms with Gasteiger partial charge in [0.2, 0.25) is 0 Å². The zero-order valence-corrected chi connectivity index (χ0v) is 9.50. The summed E-state index contributed by atoms with van der Waals surface area (Å²) in [6, 6.07) is 5.37. The van der Waals surface area contributed by atoms with E-state index in [1.54, 1.807) is 12.1 Å². The first-order valence-electron chi connectivity index (χ1n) is 3.38. The maximum Gasteiger partial charge on any atom is 0.345 e. The molecule has 0 radical (unpaired) electrons. The van der Waals surface area contributed by atoms with Crippen LogP contribution in [-0.2, 0) is 6.04 Å². The molecule has 0 spiro atoms. The Bertz CT molecular complexity index is 254. The quantitative estimate of drug-likeness (QED) is 0.480. The number of benzene rings is 1. The second kappa shape index (κ2) is 3.88. The van der Waals surface area contributed by atoms with Crippen molar-refractivity contribution in [2.24, 2.45) is 0 Å². The summed E-state index contributed by atoms with van der Waals surface area (Å²) in [5.41, 5.74) is 7.25. The molecule has 0 fully saturated rings. The van der Waals surface area contributed by atoms with Crippen LogP contribution in [0.25, 0.3) is 0 Å². The van der Waals surface area contributed by atoms with Gasteiger partial charge in [0.05, 0.1) is 0 Å².